The number of aryl methyl sites for hydroxylation is 2. The molecule has 0 fully saturated rings. The summed E-state index contributed by atoms with van der Waals surface area (Å²) in [5.74, 6) is 1.41. The van der Waals surface area contributed by atoms with Crippen LogP contribution >= 0.6 is 0 Å². The molecule has 0 bridgehead atoms. The van der Waals surface area contributed by atoms with Gasteiger partial charge in [0.2, 0.25) is 5.69 Å². The van der Waals surface area contributed by atoms with Gasteiger partial charge < -0.3 is 4.57 Å². The van der Waals surface area contributed by atoms with Crippen molar-refractivity contribution in [1.82, 2.24) is 24.5 Å². The Morgan fingerprint density at radius 2 is 2.05 bits per heavy atom. The number of nitro groups is 1. The van der Waals surface area contributed by atoms with Crippen molar-refractivity contribution in [3.05, 3.63) is 21.6 Å². The fourth-order valence-electron chi connectivity index (χ4n) is 2.63. The zero-order chi connectivity index (χ0) is 14.3. The molecule has 0 radical (unpaired) electrons. The van der Waals surface area contributed by atoms with Gasteiger partial charge in [-0.3, -0.25) is 14.8 Å². The Morgan fingerprint density at radius 3 is 2.80 bits per heavy atom. The van der Waals surface area contributed by atoms with Crippen LogP contribution in [-0.2, 0) is 20.0 Å². The Hall–Kier alpha value is -2.25. The zero-order valence-electron chi connectivity index (χ0n) is 11.5. The summed E-state index contributed by atoms with van der Waals surface area (Å²) < 4.78 is 3.49. The molecular weight excluding hydrogens is 260 g/mol. The molecule has 0 atom stereocenters. The third-order valence-electron chi connectivity index (χ3n) is 3.81. The number of aromatic nitrogens is 5. The first-order chi connectivity index (χ1) is 9.59. The zero-order valence-corrected chi connectivity index (χ0v) is 11.5. The van der Waals surface area contributed by atoms with E-state index in [1.165, 1.54) is 4.68 Å². The summed E-state index contributed by atoms with van der Waals surface area (Å²) >= 11 is 0. The molecule has 0 spiro atoms. The van der Waals surface area contributed by atoms with E-state index in [2.05, 4.69) is 15.3 Å². The summed E-state index contributed by atoms with van der Waals surface area (Å²) in [4.78, 5) is 10.9. The van der Waals surface area contributed by atoms with Crippen LogP contribution in [0.25, 0.3) is 11.5 Å². The van der Waals surface area contributed by atoms with Crippen molar-refractivity contribution in [3.8, 4) is 11.5 Å². The second kappa shape index (κ2) is 4.69. The number of nitrogens with zero attached hydrogens (tertiary/aromatic N) is 6. The topological polar surface area (TPSA) is 91.7 Å². The van der Waals surface area contributed by atoms with Gasteiger partial charge in [-0.2, -0.15) is 5.10 Å². The van der Waals surface area contributed by atoms with Gasteiger partial charge in [-0.05, 0) is 19.8 Å². The van der Waals surface area contributed by atoms with Crippen LogP contribution in [0.3, 0.4) is 0 Å². The lowest BCUT2D eigenvalue weighted by Gasteiger charge is -2.04. The number of fused-ring (bicyclic) bond motifs is 1. The van der Waals surface area contributed by atoms with Gasteiger partial charge >= 0.3 is 5.69 Å². The van der Waals surface area contributed by atoms with Crippen molar-refractivity contribution in [2.45, 2.75) is 39.2 Å². The molecule has 0 N–H and O–H groups in total. The van der Waals surface area contributed by atoms with E-state index in [1.807, 2.05) is 4.57 Å². The van der Waals surface area contributed by atoms with E-state index in [9.17, 15) is 10.1 Å². The Kier molecular flexibility index (Phi) is 3.00. The van der Waals surface area contributed by atoms with Crippen LogP contribution in [0.2, 0.25) is 0 Å². The van der Waals surface area contributed by atoms with Crippen molar-refractivity contribution < 1.29 is 4.92 Å². The maximum absolute atomic E-state index is 11.3. The monoisotopic (exact) mass is 276 g/mol. The molecule has 8 heteroatoms. The fraction of sp³-hybridized carbons (Fsp3) is 0.583. The van der Waals surface area contributed by atoms with Crippen LogP contribution in [0.5, 0.6) is 0 Å². The predicted octanol–water partition coefficient (Wildman–Crippen LogP) is 1.62. The van der Waals surface area contributed by atoms with Crippen molar-refractivity contribution in [2.24, 2.45) is 7.05 Å². The molecule has 2 aromatic rings. The SMILES string of the molecule is Cc1c([N+](=O)[O-])c(-c2nnc3n2CCCCC3)nn1C. The molecule has 0 amide bonds. The average Bonchev–Trinajstić information content (AvgIpc) is 2.82. The van der Waals surface area contributed by atoms with Gasteiger partial charge in [0.15, 0.2) is 5.82 Å². The van der Waals surface area contributed by atoms with Gasteiger partial charge in [0, 0.05) is 20.0 Å². The molecule has 3 rings (SSSR count). The minimum atomic E-state index is -0.393. The van der Waals surface area contributed by atoms with Gasteiger partial charge in [0.25, 0.3) is 0 Å². The van der Waals surface area contributed by atoms with Crippen LogP contribution in [-0.4, -0.2) is 29.5 Å². The molecule has 8 nitrogen and oxygen atoms in total. The lowest BCUT2D eigenvalue weighted by atomic mass is 10.2. The largest absolute Gasteiger partial charge is 0.321 e. The summed E-state index contributed by atoms with van der Waals surface area (Å²) in [5, 5.41) is 23.9. The molecule has 0 saturated carbocycles. The third-order valence-corrected chi connectivity index (χ3v) is 3.81. The van der Waals surface area contributed by atoms with Crippen LogP contribution in [0, 0.1) is 17.0 Å². The third kappa shape index (κ3) is 1.87. The maximum Gasteiger partial charge on any atom is 0.321 e. The van der Waals surface area contributed by atoms with Crippen LogP contribution < -0.4 is 0 Å². The van der Waals surface area contributed by atoms with E-state index in [-0.39, 0.29) is 5.69 Å². The fourth-order valence-corrected chi connectivity index (χ4v) is 2.63. The lowest BCUT2D eigenvalue weighted by Crippen LogP contribution is -2.04. The Labute approximate surface area is 115 Å². The molecule has 0 unspecified atom stereocenters. The molecule has 3 heterocycles. The van der Waals surface area contributed by atoms with Crippen molar-refractivity contribution in [3.63, 3.8) is 0 Å². The summed E-state index contributed by atoms with van der Waals surface area (Å²) in [7, 11) is 1.70. The molecule has 0 saturated heterocycles. The molecule has 1 aliphatic rings. The first-order valence-corrected chi connectivity index (χ1v) is 6.70. The first-order valence-electron chi connectivity index (χ1n) is 6.70. The van der Waals surface area contributed by atoms with Crippen molar-refractivity contribution in [2.75, 3.05) is 0 Å². The van der Waals surface area contributed by atoms with E-state index < -0.39 is 4.92 Å². The minimum absolute atomic E-state index is 0.0203. The second-order valence-electron chi connectivity index (χ2n) is 5.07. The van der Waals surface area contributed by atoms with Crippen molar-refractivity contribution in [1.29, 1.82) is 0 Å². The second-order valence-corrected chi connectivity index (χ2v) is 5.07. The molecule has 2 aromatic heterocycles. The summed E-state index contributed by atoms with van der Waals surface area (Å²) in [6.07, 6.45) is 4.14. The van der Waals surface area contributed by atoms with Crippen LogP contribution in [0.1, 0.15) is 30.8 Å². The van der Waals surface area contributed by atoms with Crippen LogP contribution in [0.4, 0.5) is 5.69 Å². The molecule has 0 aliphatic carbocycles. The van der Waals surface area contributed by atoms with Crippen LogP contribution in [0.15, 0.2) is 0 Å². The minimum Gasteiger partial charge on any atom is -0.309 e. The smallest absolute Gasteiger partial charge is 0.309 e. The highest BCUT2D eigenvalue weighted by molar-refractivity contribution is 5.65. The normalized spacial score (nSPS) is 14.9. The molecule has 1 aliphatic heterocycles. The van der Waals surface area contributed by atoms with Gasteiger partial charge in [-0.15, -0.1) is 10.2 Å². The van der Waals surface area contributed by atoms with E-state index in [1.54, 1.807) is 14.0 Å². The maximum atomic E-state index is 11.3. The molecule has 20 heavy (non-hydrogen) atoms. The van der Waals surface area contributed by atoms with Gasteiger partial charge in [-0.25, -0.2) is 0 Å². The van der Waals surface area contributed by atoms with E-state index in [0.29, 0.717) is 17.2 Å². The lowest BCUT2D eigenvalue weighted by molar-refractivity contribution is -0.384. The highest BCUT2D eigenvalue weighted by Gasteiger charge is 2.29. The van der Waals surface area contributed by atoms with Gasteiger partial charge in [0.1, 0.15) is 11.5 Å². The van der Waals surface area contributed by atoms with Gasteiger partial charge in [0.05, 0.1) is 4.92 Å². The number of hydrogen-bond acceptors (Lipinski definition) is 5. The first kappa shape index (κ1) is 12.8. The van der Waals surface area contributed by atoms with E-state index in [0.717, 1.165) is 38.1 Å². The standard InChI is InChI=1S/C12H16N6O2/c1-8-11(18(19)20)10(15-16(8)2)12-14-13-9-6-4-3-5-7-17(9)12/h3-7H2,1-2H3. The Morgan fingerprint density at radius 1 is 1.25 bits per heavy atom. The quantitative estimate of drug-likeness (QED) is 0.614. The highest BCUT2D eigenvalue weighted by Crippen LogP contribution is 2.31. The van der Waals surface area contributed by atoms with Crippen molar-refractivity contribution >= 4 is 5.69 Å². The molecule has 0 aromatic carbocycles. The Balaban J connectivity index is 2.17. The highest BCUT2D eigenvalue weighted by atomic mass is 16.6. The number of hydrogen-bond donors (Lipinski definition) is 0. The molecule has 106 valence electrons. The number of rotatable bonds is 2. The summed E-state index contributed by atoms with van der Waals surface area (Å²) in [6, 6.07) is 0. The average molecular weight is 276 g/mol. The summed E-state index contributed by atoms with van der Waals surface area (Å²) in [5.41, 5.74) is 0.860. The predicted molar refractivity (Wildman–Crippen MR) is 71.2 cm³/mol. The van der Waals surface area contributed by atoms with Gasteiger partial charge in [-0.1, -0.05) is 6.42 Å². The Bertz CT molecular complexity index is 672. The van der Waals surface area contributed by atoms with E-state index >= 15 is 0 Å². The molecular formula is C12H16N6O2. The summed E-state index contributed by atoms with van der Waals surface area (Å²) in [6.45, 7) is 2.48. The van der Waals surface area contributed by atoms with E-state index in [4.69, 9.17) is 0 Å².